The maximum Gasteiger partial charge on any atom is 0.221 e. The van der Waals surface area contributed by atoms with Crippen molar-refractivity contribution in [3.63, 3.8) is 0 Å². The zero-order valence-corrected chi connectivity index (χ0v) is 10.8. The number of rotatable bonds is 3. The molecule has 0 saturated heterocycles. The third kappa shape index (κ3) is 3.33. The van der Waals surface area contributed by atoms with Gasteiger partial charge in [0.2, 0.25) is 5.91 Å². The molecule has 0 aliphatic rings. The fraction of sp³-hybridized carbons (Fsp3) is 0.0667. The highest BCUT2D eigenvalue weighted by Gasteiger charge is 2.04. The lowest BCUT2D eigenvalue weighted by atomic mass is 10.2. The summed E-state index contributed by atoms with van der Waals surface area (Å²) < 4.78 is 13.7. The molecule has 5 heteroatoms. The van der Waals surface area contributed by atoms with Gasteiger partial charge in [-0.2, -0.15) is 5.26 Å². The Morgan fingerprint density at radius 2 is 1.80 bits per heavy atom. The van der Waals surface area contributed by atoms with E-state index in [0.717, 1.165) is 0 Å². The third-order valence-corrected chi connectivity index (χ3v) is 2.58. The molecule has 0 aliphatic carbocycles. The summed E-state index contributed by atoms with van der Waals surface area (Å²) >= 11 is 0. The maximum atomic E-state index is 13.7. The van der Waals surface area contributed by atoms with E-state index in [4.69, 9.17) is 5.26 Å². The number of benzene rings is 2. The van der Waals surface area contributed by atoms with Crippen molar-refractivity contribution in [2.45, 2.75) is 6.92 Å². The molecule has 0 heterocycles. The Morgan fingerprint density at radius 1 is 1.15 bits per heavy atom. The van der Waals surface area contributed by atoms with Gasteiger partial charge in [-0.1, -0.05) is 0 Å². The smallest absolute Gasteiger partial charge is 0.221 e. The standard InChI is InChI=1S/C15H12FN3O/c1-10(20)18-12-3-5-13(6-4-12)19-15-7-2-11(9-17)8-14(15)16/h2-8,19H,1H3,(H,18,20). The van der Waals surface area contributed by atoms with Crippen molar-refractivity contribution < 1.29 is 9.18 Å². The number of nitrogens with one attached hydrogen (secondary N) is 2. The van der Waals surface area contributed by atoms with Gasteiger partial charge in [0, 0.05) is 18.3 Å². The summed E-state index contributed by atoms with van der Waals surface area (Å²) in [5.41, 5.74) is 1.91. The molecule has 0 atom stereocenters. The van der Waals surface area contributed by atoms with Crippen LogP contribution in [-0.4, -0.2) is 5.91 Å². The predicted molar refractivity (Wildman–Crippen MR) is 75.1 cm³/mol. The molecule has 2 N–H and O–H groups in total. The highest BCUT2D eigenvalue weighted by molar-refractivity contribution is 5.88. The monoisotopic (exact) mass is 269 g/mol. The molecule has 0 aromatic heterocycles. The van der Waals surface area contributed by atoms with Gasteiger partial charge >= 0.3 is 0 Å². The molecule has 100 valence electrons. The number of hydrogen-bond donors (Lipinski definition) is 2. The number of carbonyl (C=O) groups is 1. The van der Waals surface area contributed by atoms with Gasteiger partial charge in [0.1, 0.15) is 5.82 Å². The average molecular weight is 269 g/mol. The van der Waals surface area contributed by atoms with Crippen LogP contribution < -0.4 is 10.6 Å². The van der Waals surface area contributed by atoms with E-state index < -0.39 is 5.82 Å². The van der Waals surface area contributed by atoms with E-state index in [2.05, 4.69) is 10.6 Å². The van der Waals surface area contributed by atoms with Crippen LogP contribution in [0.25, 0.3) is 0 Å². The van der Waals surface area contributed by atoms with E-state index in [1.807, 2.05) is 6.07 Å². The van der Waals surface area contributed by atoms with Crippen LogP contribution in [0, 0.1) is 17.1 Å². The van der Waals surface area contributed by atoms with Crippen LogP contribution in [0.15, 0.2) is 42.5 Å². The molecule has 2 aromatic carbocycles. The first-order valence-corrected chi connectivity index (χ1v) is 5.93. The Balaban J connectivity index is 2.14. The van der Waals surface area contributed by atoms with Crippen molar-refractivity contribution in [1.82, 2.24) is 0 Å². The lowest BCUT2D eigenvalue weighted by Crippen LogP contribution is -2.05. The normalized spacial score (nSPS) is 9.65. The van der Waals surface area contributed by atoms with Crippen LogP contribution in [0.5, 0.6) is 0 Å². The summed E-state index contributed by atoms with van der Waals surface area (Å²) in [4.78, 5) is 10.9. The van der Waals surface area contributed by atoms with Crippen LogP contribution >= 0.6 is 0 Å². The number of halogens is 1. The second kappa shape index (κ2) is 5.85. The highest BCUT2D eigenvalue weighted by atomic mass is 19.1. The molecular formula is C15H12FN3O. The topological polar surface area (TPSA) is 64.9 Å². The molecule has 0 saturated carbocycles. The van der Waals surface area contributed by atoms with Crippen molar-refractivity contribution in [1.29, 1.82) is 5.26 Å². The first-order valence-electron chi connectivity index (χ1n) is 5.93. The molecule has 2 aromatic rings. The molecule has 20 heavy (non-hydrogen) atoms. The number of amides is 1. The van der Waals surface area contributed by atoms with E-state index >= 15 is 0 Å². The van der Waals surface area contributed by atoms with E-state index in [1.54, 1.807) is 24.3 Å². The SMILES string of the molecule is CC(=O)Nc1ccc(Nc2ccc(C#N)cc2F)cc1. The minimum absolute atomic E-state index is 0.149. The van der Waals surface area contributed by atoms with Gasteiger partial charge in [-0.3, -0.25) is 4.79 Å². The maximum absolute atomic E-state index is 13.7. The average Bonchev–Trinajstić information content (AvgIpc) is 2.42. The molecule has 2 rings (SSSR count). The Morgan fingerprint density at radius 3 is 2.35 bits per heavy atom. The highest BCUT2D eigenvalue weighted by Crippen LogP contribution is 2.22. The van der Waals surface area contributed by atoms with E-state index in [-0.39, 0.29) is 17.2 Å². The summed E-state index contributed by atoms with van der Waals surface area (Å²) in [5, 5.41) is 14.2. The van der Waals surface area contributed by atoms with Gasteiger partial charge in [0.05, 0.1) is 17.3 Å². The Bertz CT molecular complexity index is 675. The van der Waals surface area contributed by atoms with Crippen LogP contribution in [0.2, 0.25) is 0 Å². The van der Waals surface area contributed by atoms with Crippen molar-refractivity contribution in [2.75, 3.05) is 10.6 Å². The van der Waals surface area contributed by atoms with Crippen molar-refractivity contribution in [2.24, 2.45) is 0 Å². The van der Waals surface area contributed by atoms with E-state index in [0.29, 0.717) is 11.4 Å². The Hall–Kier alpha value is -2.87. The minimum atomic E-state index is -0.491. The summed E-state index contributed by atoms with van der Waals surface area (Å²) in [5.74, 6) is -0.640. The van der Waals surface area contributed by atoms with E-state index in [1.165, 1.54) is 25.1 Å². The quantitative estimate of drug-likeness (QED) is 0.897. The number of hydrogen-bond acceptors (Lipinski definition) is 3. The van der Waals surface area contributed by atoms with Gasteiger partial charge in [0.25, 0.3) is 0 Å². The van der Waals surface area contributed by atoms with Gasteiger partial charge in [0.15, 0.2) is 0 Å². The predicted octanol–water partition coefficient (Wildman–Crippen LogP) is 3.40. The molecule has 0 unspecified atom stereocenters. The van der Waals surface area contributed by atoms with Crippen LogP contribution in [-0.2, 0) is 4.79 Å². The van der Waals surface area contributed by atoms with Crippen LogP contribution in [0.4, 0.5) is 21.5 Å². The summed E-state index contributed by atoms with van der Waals surface area (Å²) in [7, 11) is 0. The second-order valence-corrected chi connectivity index (χ2v) is 4.19. The largest absolute Gasteiger partial charge is 0.353 e. The van der Waals surface area contributed by atoms with Gasteiger partial charge in [-0.05, 0) is 42.5 Å². The zero-order chi connectivity index (χ0) is 14.5. The van der Waals surface area contributed by atoms with Gasteiger partial charge < -0.3 is 10.6 Å². The molecule has 0 bridgehead atoms. The molecule has 0 radical (unpaired) electrons. The molecule has 4 nitrogen and oxygen atoms in total. The van der Waals surface area contributed by atoms with Crippen LogP contribution in [0.1, 0.15) is 12.5 Å². The molecule has 1 amide bonds. The molecule has 0 aliphatic heterocycles. The van der Waals surface area contributed by atoms with Crippen molar-refractivity contribution in [3.8, 4) is 6.07 Å². The summed E-state index contributed by atoms with van der Waals surface area (Å²) in [6, 6.07) is 13.0. The Kier molecular flexibility index (Phi) is 3.96. The van der Waals surface area contributed by atoms with Crippen molar-refractivity contribution in [3.05, 3.63) is 53.8 Å². The number of carbonyl (C=O) groups excluding carboxylic acids is 1. The first kappa shape index (κ1) is 13.6. The summed E-state index contributed by atoms with van der Waals surface area (Å²) in [6.45, 7) is 1.43. The molecule has 0 spiro atoms. The first-order chi connectivity index (χ1) is 9.58. The number of nitriles is 1. The lowest BCUT2D eigenvalue weighted by molar-refractivity contribution is -0.114. The lowest BCUT2D eigenvalue weighted by Gasteiger charge is -2.09. The molecular weight excluding hydrogens is 257 g/mol. The number of anilines is 3. The molecule has 0 fully saturated rings. The minimum Gasteiger partial charge on any atom is -0.353 e. The van der Waals surface area contributed by atoms with E-state index in [9.17, 15) is 9.18 Å². The Labute approximate surface area is 115 Å². The van der Waals surface area contributed by atoms with Gasteiger partial charge in [-0.25, -0.2) is 4.39 Å². The second-order valence-electron chi connectivity index (χ2n) is 4.19. The third-order valence-electron chi connectivity index (χ3n) is 2.58. The number of nitrogens with zero attached hydrogens (tertiary/aromatic N) is 1. The van der Waals surface area contributed by atoms with Gasteiger partial charge in [-0.15, -0.1) is 0 Å². The summed E-state index contributed by atoms with van der Waals surface area (Å²) in [6.07, 6.45) is 0. The van der Waals surface area contributed by atoms with Crippen LogP contribution in [0.3, 0.4) is 0 Å². The fourth-order valence-corrected chi connectivity index (χ4v) is 1.68. The zero-order valence-electron chi connectivity index (χ0n) is 10.8. The van der Waals surface area contributed by atoms with Crippen molar-refractivity contribution >= 4 is 23.0 Å². The fourth-order valence-electron chi connectivity index (χ4n) is 1.68.